The lowest BCUT2D eigenvalue weighted by Gasteiger charge is -2.46. The zero-order valence-corrected chi connectivity index (χ0v) is 26.4. The standard InChI is InChI=1S/C30H40N4O6S2/c1-6-7-19-39-24-13-15-26(16-14-24)42(37,38)34-21-25(20-27(35)31-17-18-33(4)5)41-30(2,3)28(34)29(36)32-40-22-23-11-9-8-10-12-23/h8-16,25,28H,17-22H2,1-5H3,(H,31,35)(H,32,36)/t25-,28-/m0/s1. The second-order valence-electron chi connectivity index (χ2n) is 10.6. The fraction of sp³-hybridized carbons (Fsp3) is 0.467. The quantitative estimate of drug-likeness (QED) is 0.261. The molecule has 3 rings (SSSR count). The monoisotopic (exact) mass is 616 g/mol. The van der Waals surface area contributed by atoms with Crippen LogP contribution >= 0.6 is 11.8 Å². The van der Waals surface area contributed by atoms with Crippen molar-refractivity contribution in [3.63, 3.8) is 0 Å². The summed E-state index contributed by atoms with van der Waals surface area (Å²) in [6.45, 7) is 6.77. The van der Waals surface area contributed by atoms with Gasteiger partial charge in [0.15, 0.2) is 0 Å². The summed E-state index contributed by atoms with van der Waals surface area (Å²) in [4.78, 5) is 33.7. The van der Waals surface area contributed by atoms with Crippen molar-refractivity contribution in [2.45, 2.75) is 54.7 Å². The van der Waals surface area contributed by atoms with E-state index < -0.39 is 26.7 Å². The maximum atomic E-state index is 14.1. The average Bonchev–Trinajstić information content (AvgIpc) is 2.93. The third-order valence-electron chi connectivity index (χ3n) is 6.52. The number of amides is 2. The number of benzene rings is 2. The minimum atomic E-state index is -4.16. The molecule has 10 nitrogen and oxygen atoms in total. The van der Waals surface area contributed by atoms with Gasteiger partial charge < -0.3 is 15.0 Å². The van der Waals surface area contributed by atoms with Gasteiger partial charge in [0.1, 0.15) is 18.4 Å². The lowest BCUT2D eigenvalue weighted by atomic mass is 10.0. The van der Waals surface area contributed by atoms with Crippen molar-refractivity contribution >= 4 is 33.6 Å². The molecule has 1 saturated heterocycles. The number of thioether (sulfide) groups is 1. The SMILES string of the molecule is CC#CCOc1ccc(S(=O)(=O)N2C[C@H](CC(=O)NCCN(C)C)SC(C)(C)[C@@H]2C(=O)NOCc2ccccc2)cc1. The van der Waals surface area contributed by atoms with Crippen LogP contribution in [0.3, 0.4) is 0 Å². The normalized spacial score (nSPS) is 18.5. The largest absolute Gasteiger partial charge is 0.481 e. The highest BCUT2D eigenvalue weighted by Crippen LogP contribution is 2.43. The molecule has 2 aromatic carbocycles. The Morgan fingerprint density at radius 2 is 1.81 bits per heavy atom. The number of ether oxygens (including phenoxy) is 1. The van der Waals surface area contributed by atoms with Crippen LogP contribution in [0.2, 0.25) is 0 Å². The van der Waals surface area contributed by atoms with Gasteiger partial charge in [0.25, 0.3) is 5.91 Å². The van der Waals surface area contributed by atoms with Gasteiger partial charge in [-0.1, -0.05) is 36.3 Å². The van der Waals surface area contributed by atoms with E-state index in [4.69, 9.17) is 9.57 Å². The summed E-state index contributed by atoms with van der Waals surface area (Å²) >= 11 is 1.43. The zero-order chi connectivity index (χ0) is 30.8. The summed E-state index contributed by atoms with van der Waals surface area (Å²) in [7, 11) is -0.326. The molecule has 1 aliphatic rings. The number of nitrogens with zero attached hydrogens (tertiary/aromatic N) is 2. The van der Waals surface area contributed by atoms with Crippen LogP contribution in [0.1, 0.15) is 32.8 Å². The van der Waals surface area contributed by atoms with Crippen LogP contribution in [-0.2, 0) is 31.1 Å². The van der Waals surface area contributed by atoms with Crippen molar-refractivity contribution in [1.29, 1.82) is 0 Å². The highest BCUT2D eigenvalue weighted by atomic mass is 32.2. The van der Waals surface area contributed by atoms with Gasteiger partial charge in [0, 0.05) is 36.1 Å². The van der Waals surface area contributed by atoms with E-state index in [2.05, 4.69) is 22.6 Å². The Bertz CT molecular complexity index is 1360. The molecular formula is C30H40N4O6S2. The van der Waals surface area contributed by atoms with E-state index >= 15 is 0 Å². The molecule has 1 fully saturated rings. The molecule has 228 valence electrons. The number of hydrogen-bond donors (Lipinski definition) is 2. The summed E-state index contributed by atoms with van der Waals surface area (Å²) in [5.74, 6) is 5.25. The second-order valence-corrected chi connectivity index (χ2v) is 14.5. The lowest BCUT2D eigenvalue weighted by Crippen LogP contribution is -2.63. The van der Waals surface area contributed by atoms with E-state index in [0.29, 0.717) is 18.8 Å². The average molecular weight is 617 g/mol. The molecule has 2 amide bonds. The Labute approximate surface area is 253 Å². The predicted octanol–water partition coefficient (Wildman–Crippen LogP) is 2.66. The Morgan fingerprint density at radius 3 is 2.45 bits per heavy atom. The predicted molar refractivity (Wildman–Crippen MR) is 164 cm³/mol. The van der Waals surface area contributed by atoms with Gasteiger partial charge in [-0.15, -0.1) is 17.7 Å². The molecular weight excluding hydrogens is 576 g/mol. The first-order chi connectivity index (χ1) is 19.9. The number of carbonyl (C=O) groups excluding carboxylic acids is 2. The van der Waals surface area contributed by atoms with Gasteiger partial charge in [0.05, 0.1) is 11.5 Å². The molecule has 0 unspecified atom stereocenters. The Balaban J connectivity index is 1.84. The van der Waals surface area contributed by atoms with Crippen molar-refractivity contribution in [2.75, 3.05) is 40.3 Å². The van der Waals surface area contributed by atoms with Crippen LogP contribution in [-0.4, -0.2) is 85.8 Å². The van der Waals surface area contributed by atoms with Crippen LogP contribution in [0.25, 0.3) is 0 Å². The van der Waals surface area contributed by atoms with Crippen molar-refractivity contribution in [1.82, 2.24) is 20.0 Å². The summed E-state index contributed by atoms with van der Waals surface area (Å²) in [6.07, 6.45) is 0.109. The van der Waals surface area contributed by atoms with Gasteiger partial charge >= 0.3 is 0 Å². The molecule has 1 heterocycles. The third-order valence-corrected chi connectivity index (χ3v) is 9.84. The number of sulfonamides is 1. The first-order valence-electron chi connectivity index (χ1n) is 13.6. The van der Waals surface area contributed by atoms with Gasteiger partial charge in [-0.2, -0.15) is 4.31 Å². The zero-order valence-electron chi connectivity index (χ0n) is 24.8. The minimum absolute atomic E-state index is 0.0105. The molecule has 0 spiro atoms. The minimum Gasteiger partial charge on any atom is -0.481 e. The molecule has 0 aromatic heterocycles. The molecule has 12 heteroatoms. The number of hydrogen-bond acceptors (Lipinski definition) is 8. The van der Waals surface area contributed by atoms with E-state index in [-0.39, 0.29) is 42.2 Å². The molecule has 0 radical (unpaired) electrons. The number of rotatable bonds is 13. The van der Waals surface area contributed by atoms with E-state index in [1.807, 2.05) is 63.2 Å². The van der Waals surface area contributed by atoms with Gasteiger partial charge in [-0.25, -0.2) is 13.9 Å². The summed E-state index contributed by atoms with van der Waals surface area (Å²) in [5, 5.41) is 2.52. The molecule has 2 atom stereocenters. The molecule has 2 N–H and O–H groups in total. The number of carbonyl (C=O) groups is 2. The highest BCUT2D eigenvalue weighted by Gasteiger charge is 2.51. The van der Waals surface area contributed by atoms with E-state index in [9.17, 15) is 18.0 Å². The lowest BCUT2D eigenvalue weighted by molar-refractivity contribution is -0.139. The fourth-order valence-corrected chi connectivity index (χ4v) is 8.14. The van der Waals surface area contributed by atoms with Gasteiger partial charge in [-0.3, -0.25) is 14.4 Å². The maximum absolute atomic E-state index is 14.1. The van der Waals surface area contributed by atoms with Crippen LogP contribution < -0.4 is 15.5 Å². The third kappa shape index (κ3) is 9.47. The Kier molecular flexibility index (Phi) is 12.3. The van der Waals surface area contributed by atoms with Crippen LogP contribution in [0.4, 0.5) is 0 Å². The summed E-state index contributed by atoms with van der Waals surface area (Å²) < 4.78 is 34.0. The van der Waals surface area contributed by atoms with Crippen LogP contribution in [0.5, 0.6) is 5.75 Å². The first-order valence-corrected chi connectivity index (χ1v) is 15.9. The van der Waals surface area contributed by atoms with Crippen molar-refractivity contribution in [3.05, 3.63) is 60.2 Å². The van der Waals surface area contributed by atoms with Crippen LogP contribution in [0.15, 0.2) is 59.5 Å². The molecule has 0 aliphatic carbocycles. The first kappa shape index (κ1) is 33.4. The number of likely N-dealkylation sites (N-methyl/N-ethyl adjacent to an activating group) is 1. The molecule has 42 heavy (non-hydrogen) atoms. The molecule has 0 bridgehead atoms. The Morgan fingerprint density at radius 1 is 1.12 bits per heavy atom. The Hall–Kier alpha value is -3.08. The van der Waals surface area contributed by atoms with E-state index in [1.165, 1.54) is 28.2 Å². The van der Waals surface area contributed by atoms with Gasteiger partial charge in [-0.05, 0) is 64.7 Å². The van der Waals surface area contributed by atoms with Crippen molar-refractivity contribution in [2.24, 2.45) is 0 Å². The second kappa shape index (κ2) is 15.4. The molecule has 2 aromatic rings. The number of hydroxylamine groups is 1. The van der Waals surface area contributed by atoms with E-state index in [0.717, 1.165) is 5.56 Å². The summed E-state index contributed by atoms with van der Waals surface area (Å²) in [5.41, 5.74) is 3.32. The van der Waals surface area contributed by atoms with Gasteiger partial charge in [0.2, 0.25) is 15.9 Å². The maximum Gasteiger partial charge on any atom is 0.263 e. The number of nitrogens with one attached hydrogen (secondary N) is 2. The van der Waals surface area contributed by atoms with Crippen molar-refractivity contribution < 1.29 is 27.6 Å². The van der Waals surface area contributed by atoms with E-state index in [1.54, 1.807) is 19.1 Å². The van der Waals surface area contributed by atoms with Crippen LogP contribution in [0, 0.1) is 11.8 Å². The summed E-state index contributed by atoms with van der Waals surface area (Å²) in [6, 6.07) is 14.2. The molecule has 0 saturated carbocycles. The van der Waals surface area contributed by atoms with Crippen molar-refractivity contribution in [3.8, 4) is 17.6 Å². The smallest absolute Gasteiger partial charge is 0.263 e. The highest BCUT2D eigenvalue weighted by molar-refractivity contribution is 8.01. The topological polar surface area (TPSA) is 117 Å². The fourth-order valence-electron chi connectivity index (χ4n) is 4.53. The molecule has 1 aliphatic heterocycles.